The minimum atomic E-state index is -4.61. The molecule has 148 valence electrons. The smallest absolute Gasteiger partial charge is 0.416 e. The molecule has 0 fully saturated rings. The van der Waals surface area contributed by atoms with E-state index in [0.717, 1.165) is 6.07 Å². The summed E-state index contributed by atoms with van der Waals surface area (Å²) >= 11 is 0. The molecule has 1 N–H and O–H groups in total. The number of carbonyl (C=O) groups is 1. The van der Waals surface area contributed by atoms with Crippen molar-refractivity contribution in [3.05, 3.63) is 58.9 Å². The van der Waals surface area contributed by atoms with Gasteiger partial charge in [0.25, 0.3) is 0 Å². The van der Waals surface area contributed by atoms with E-state index in [0.29, 0.717) is 22.3 Å². The first kappa shape index (κ1) is 20.1. The van der Waals surface area contributed by atoms with Crippen molar-refractivity contribution < 1.29 is 27.3 Å². The summed E-state index contributed by atoms with van der Waals surface area (Å²) in [4.78, 5) is 15.5. The fourth-order valence-corrected chi connectivity index (χ4v) is 3.78. The molecule has 0 saturated carbocycles. The largest absolute Gasteiger partial charge is 0.481 e. The van der Waals surface area contributed by atoms with Crippen LogP contribution >= 0.6 is 0 Å². The number of carboxylic acids is 1. The Labute approximate surface area is 161 Å². The lowest BCUT2D eigenvalue weighted by molar-refractivity contribution is -0.138. The molecule has 0 spiro atoms. The summed E-state index contributed by atoms with van der Waals surface area (Å²) in [6.45, 7) is 1.53. The summed E-state index contributed by atoms with van der Waals surface area (Å²) in [7, 11) is -1.54. The highest BCUT2D eigenvalue weighted by atomic mass is 32.2. The molecule has 0 aliphatic carbocycles. The summed E-state index contributed by atoms with van der Waals surface area (Å²) in [6.07, 6.45) is -2.03. The molecule has 5 nitrogen and oxygen atoms in total. The maximum absolute atomic E-state index is 13.6. The zero-order chi connectivity index (χ0) is 20.6. The Balaban J connectivity index is 2.17. The van der Waals surface area contributed by atoms with Crippen molar-refractivity contribution in [3.8, 4) is 0 Å². The predicted octanol–water partition coefficient (Wildman–Crippen LogP) is 3.78. The van der Waals surface area contributed by atoms with Gasteiger partial charge in [-0.25, -0.2) is 4.98 Å². The van der Waals surface area contributed by atoms with Gasteiger partial charge in [0.1, 0.15) is 5.65 Å². The molecule has 0 amide bonds. The van der Waals surface area contributed by atoms with Gasteiger partial charge in [-0.3, -0.25) is 9.00 Å². The Hall–Kier alpha value is -2.68. The van der Waals surface area contributed by atoms with Crippen molar-refractivity contribution in [1.29, 1.82) is 0 Å². The standard InChI is InChI=1S/C19H17F3N2O3S/c1-11-15(9-17(25)26)14-4-3-7-23-18(14)24(11)10-12-5-6-13(28(2)27)8-16(12)19(20,21)22/h3-8H,9-10H2,1-2H3,(H,25,26). The Morgan fingerprint density at radius 1 is 1.29 bits per heavy atom. The number of benzene rings is 1. The lowest BCUT2D eigenvalue weighted by Gasteiger charge is -2.16. The van der Waals surface area contributed by atoms with Crippen LogP contribution in [0.4, 0.5) is 13.2 Å². The van der Waals surface area contributed by atoms with Gasteiger partial charge in [0.05, 0.1) is 12.0 Å². The number of hydrogen-bond acceptors (Lipinski definition) is 3. The number of hydrogen-bond donors (Lipinski definition) is 1. The van der Waals surface area contributed by atoms with Crippen molar-refractivity contribution in [2.45, 2.75) is 31.0 Å². The lowest BCUT2D eigenvalue weighted by Crippen LogP contribution is -2.14. The van der Waals surface area contributed by atoms with Crippen molar-refractivity contribution in [2.24, 2.45) is 0 Å². The molecule has 0 radical (unpaired) electrons. The molecule has 1 unspecified atom stereocenters. The molecule has 1 aromatic carbocycles. The average molecular weight is 410 g/mol. The maximum Gasteiger partial charge on any atom is 0.416 e. The number of aromatic nitrogens is 2. The summed E-state index contributed by atoms with van der Waals surface area (Å²) in [6, 6.07) is 6.98. The molecule has 2 heterocycles. The monoisotopic (exact) mass is 410 g/mol. The van der Waals surface area contributed by atoms with Gasteiger partial charge >= 0.3 is 12.1 Å². The minimum absolute atomic E-state index is 0.00534. The molecular formula is C19H17F3N2O3S. The first-order valence-corrected chi connectivity index (χ1v) is 9.83. The first-order chi connectivity index (χ1) is 13.1. The second kappa shape index (κ2) is 7.38. The number of pyridine rings is 1. The Kier molecular flexibility index (Phi) is 5.29. The van der Waals surface area contributed by atoms with E-state index < -0.39 is 28.5 Å². The Morgan fingerprint density at radius 3 is 2.61 bits per heavy atom. The van der Waals surface area contributed by atoms with Gasteiger partial charge in [-0.15, -0.1) is 0 Å². The van der Waals surface area contributed by atoms with Crippen LogP contribution in [0.15, 0.2) is 41.4 Å². The third kappa shape index (κ3) is 3.80. The highest BCUT2D eigenvalue weighted by Crippen LogP contribution is 2.35. The Bertz CT molecular complexity index is 1090. The van der Waals surface area contributed by atoms with E-state index in [-0.39, 0.29) is 23.4 Å². The predicted molar refractivity (Wildman–Crippen MR) is 98.7 cm³/mol. The number of carboxylic acid groups (broad SMARTS) is 1. The van der Waals surface area contributed by atoms with E-state index in [2.05, 4.69) is 4.98 Å². The molecule has 3 aromatic rings. The summed E-state index contributed by atoms with van der Waals surface area (Å²) in [5.41, 5.74) is 0.627. The Morgan fingerprint density at radius 2 is 2.00 bits per heavy atom. The highest BCUT2D eigenvalue weighted by molar-refractivity contribution is 7.84. The highest BCUT2D eigenvalue weighted by Gasteiger charge is 2.34. The second-order valence-corrected chi connectivity index (χ2v) is 7.75. The molecule has 0 aliphatic rings. The molecule has 9 heteroatoms. The van der Waals surface area contributed by atoms with E-state index >= 15 is 0 Å². The third-order valence-electron chi connectivity index (χ3n) is 4.58. The van der Waals surface area contributed by atoms with Crippen molar-refractivity contribution in [3.63, 3.8) is 0 Å². The van der Waals surface area contributed by atoms with Crippen LogP contribution in [-0.2, 0) is 34.7 Å². The van der Waals surface area contributed by atoms with Crippen molar-refractivity contribution in [2.75, 3.05) is 6.26 Å². The van der Waals surface area contributed by atoms with Crippen LogP contribution in [0.25, 0.3) is 11.0 Å². The molecule has 0 bridgehead atoms. The zero-order valence-electron chi connectivity index (χ0n) is 15.1. The zero-order valence-corrected chi connectivity index (χ0v) is 15.9. The summed E-state index contributed by atoms with van der Waals surface area (Å²) in [5.74, 6) is -1.03. The fraction of sp³-hybridized carbons (Fsp3) is 0.263. The molecule has 2 aromatic heterocycles. The normalized spacial score (nSPS) is 13.0. The van der Waals surface area contributed by atoms with Crippen LogP contribution in [0.3, 0.4) is 0 Å². The van der Waals surface area contributed by atoms with E-state index in [9.17, 15) is 27.3 Å². The number of nitrogens with zero attached hydrogens (tertiary/aromatic N) is 2. The molecule has 28 heavy (non-hydrogen) atoms. The molecular weight excluding hydrogens is 393 g/mol. The maximum atomic E-state index is 13.6. The minimum Gasteiger partial charge on any atom is -0.481 e. The third-order valence-corrected chi connectivity index (χ3v) is 5.50. The van der Waals surface area contributed by atoms with E-state index in [4.69, 9.17) is 0 Å². The van der Waals surface area contributed by atoms with Crippen molar-refractivity contribution in [1.82, 2.24) is 9.55 Å². The van der Waals surface area contributed by atoms with Gasteiger partial charge < -0.3 is 9.67 Å². The lowest BCUT2D eigenvalue weighted by atomic mass is 10.1. The van der Waals surface area contributed by atoms with Crippen LogP contribution in [0.2, 0.25) is 0 Å². The van der Waals surface area contributed by atoms with Gasteiger partial charge in [0, 0.05) is 45.8 Å². The van der Waals surface area contributed by atoms with Gasteiger partial charge in [-0.05, 0) is 42.3 Å². The SMILES string of the molecule is Cc1c(CC(=O)O)c2cccnc2n1Cc1ccc(S(C)=O)cc1C(F)(F)F. The number of aliphatic carboxylic acids is 1. The van der Waals surface area contributed by atoms with E-state index in [1.54, 1.807) is 23.6 Å². The first-order valence-electron chi connectivity index (χ1n) is 8.27. The topological polar surface area (TPSA) is 72.2 Å². The number of rotatable bonds is 5. The van der Waals surface area contributed by atoms with Crippen LogP contribution < -0.4 is 0 Å². The quantitative estimate of drug-likeness (QED) is 0.695. The van der Waals surface area contributed by atoms with Gasteiger partial charge in [-0.1, -0.05) is 6.07 Å². The van der Waals surface area contributed by atoms with Gasteiger partial charge in [0.2, 0.25) is 0 Å². The van der Waals surface area contributed by atoms with Gasteiger partial charge in [-0.2, -0.15) is 13.2 Å². The van der Waals surface area contributed by atoms with Crippen molar-refractivity contribution >= 4 is 27.8 Å². The number of alkyl halides is 3. The molecule has 1 atom stereocenters. The second-order valence-electron chi connectivity index (χ2n) is 6.37. The molecule has 0 aliphatic heterocycles. The van der Waals surface area contributed by atoms with Crippen LogP contribution in [0.1, 0.15) is 22.4 Å². The van der Waals surface area contributed by atoms with Crippen LogP contribution in [0.5, 0.6) is 0 Å². The van der Waals surface area contributed by atoms with Crippen LogP contribution in [0, 0.1) is 6.92 Å². The average Bonchev–Trinajstić information content (AvgIpc) is 2.86. The van der Waals surface area contributed by atoms with Gasteiger partial charge in [0.15, 0.2) is 0 Å². The van der Waals surface area contributed by atoms with E-state index in [1.807, 2.05) is 0 Å². The summed E-state index contributed by atoms with van der Waals surface area (Å²) < 4.78 is 53.9. The fourth-order valence-electron chi connectivity index (χ4n) is 3.24. The summed E-state index contributed by atoms with van der Waals surface area (Å²) in [5, 5.41) is 9.78. The van der Waals surface area contributed by atoms with E-state index in [1.165, 1.54) is 24.6 Å². The number of fused-ring (bicyclic) bond motifs is 1. The molecule has 3 rings (SSSR count). The number of halogens is 3. The molecule has 0 saturated heterocycles. The van der Waals surface area contributed by atoms with Crippen LogP contribution in [-0.4, -0.2) is 31.1 Å².